The van der Waals surface area contributed by atoms with E-state index < -0.39 is 0 Å². The first-order valence-electron chi connectivity index (χ1n) is 6.09. The average molecular weight is 293 g/mol. The van der Waals surface area contributed by atoms with Crippen LogP contribution in [0.2, 0.25) is 10.0 Å². The molecule has 0 aromatic heterocycles. The highest BCUT2D eigenvalue weighted by molar-refractivity contribution is 6.41. The zero-order valence-corrected chi connectivity index (χ0v) is 12.3. The first kappa shape index (κ1) is 14.1. The van der Waals surface area contributed by atoms with Crippen molar-refractivity contribution < 1.29 is 4.79 Å². The molecular weight excluding hydrogens is 279 g/mol. The van der Waals surface area contributed by atoms with E-state index in [0.717, 1.165) is 0 Å². The molecule has 19 heavy (non-hydrogen) atoms. The van der Waals surface area contributed by atoms with Gasteiger partial charge in [-0.05, 0) is 23.6 Å². The molecule has 98 valence electrons. The van der Waals surface area contributed by atoms with Gasteiger partial charge in [0.15, 0.2) is 5.78 Å². The Morgan fingerprint density at radius 3 is 1.95 bits per heavy atom. The van der Waals surface area contributed by atoms with E-state index >= 15 is 0 Å². The van der Waals surface area contributed by atoms with Crippen LogP contribution in [0.4, 0.5) is 0 Å². The van der Waals surface area contributed by atoms with E-state index in [1.807, 2.05) is 24.3 Å². The lowest BCUT2D eigenvalue weighted by molar-refractivity contribution is 0.103. The van der Waals surface area contributed by atoms with E-state index in [4.69, 9.17) is 23.2 Å². The van der Waals surface area contributed by atoms with Crippen molar-refractivity contribution in [2.75, 3.05) is 0 Å². The second-order valence-electron chi connectivity index (χ2n) is 4.70. The first-order chi connectivity index (χ1) is 9.00. The van der Waals surface area contributed by atoms with E-state index in [1.165, 1.54) is 5.56 Å². The average Bonchev–Trinajstić information content (AvgIpc) is 2.38. The lowest BCUT2D eigenvalue weighted by Gasteiger charge is -2.08. The van der Waals surface area contributed by atoms with Gasteiger partial charge in [-0.3, -0.25) is 4.79 Å². The van der Waals surface area contributed by atoms with Crippen molar-refractivity contribution in [1.29, 1.82) is 0 Å². The molecule has 2 rings (SSSR count). The Kier molecular flexibility index (Phi) is 4.28. The van der Waals surface area contributed by atoms with Crippen molar-refractivity contribution in [3.63, 3.8) is 0 Å². The summed E-state index contributed by atoms with van der Waals surface area (Å²) < 4.78 is 0. The van der Waals surface area contributed by atoms with Crippen LogP contribution in [-0.4, -0.2) is 5.78 Å². The van der Waals surface area contributed by atoms with Crippen LogP contribution in [0.15, 0.2) is 42.5 Å². The molecule has 0 aliphatic heterocycles. The topological polar surface area (TPSA) is 17.1 Å². The third kappa shape index (κ3) is 2.99. The van der Waals surface area contributed by atoms with Crippen LogP contribution in [0.25, 0.3) is 0 Å². The highest BCUT2D eigenvalue weighted by Crippen LogP contribution is 2.27. The van der Waals surface area contributed by atoms with Gasteiger partial charge in [-0.15, -0.1) is 0 Å². The summed E-state index contributed by atoms with van der Waals surface area (Å²) in [5.74, 6) is 0.291. The zero-order valence-electron chi connectivity index (χ0n) is 10.8. The Hall–Kier alpha value is -1.31. The third-order valence-corrected chi connectivity index (χ3v) is 3.66. The predicted molar refractivity (Wildman–Crippen MR) is 80.4 cm³/mol. The quantitative estimate of drug-likeness (QED) is 0.697. The van der Waals surface area contributed by atoms with Crippen molar-refractivity contribution >= 4 is 29.0 Å². The van der Waals surface area contributed by atoms with E-state index in [1.54, 1.807) is 18.2 Å². The van der Waals surface area contributed by atoms with E-state index in [9.17, 15) is 4.79 Å². The largest absolute Gasteiger partial charge is 0.288 e. The summed E-state index contributed by atoms with van der Waals surface area (Å²) in [7, 11) is 0. The molecule has 3 heteroatoms. The predicted octanol–water partition coefficient (Wildman–Crippen LogP) is 5.35. The molecule has 0 saturated heterocycles. The van der Waals surface area contributed by atoms with Gasteiger partial charge in [-0.2, -0.15) is 0 Å². The van der Waals surface area contributed by atoms with Crippen LogP contribution in [0, 0.1) is 0 Å². The molecule has 0 N–H and O–H groups in total. The number of halogens is 2. The molecule has 0 atom stereocenters. The highest BCUT2D eigenvalue weighted by atomic mass is 35.5. The Balaban J connectivity index is 2.39. The molecule has 0 radical (unpaired) electrons. The maximum absolute atomic E-state index is 12.4. The zero-order chi connectivity index (χ0) is 14.0. The van der Waals surface area contributed by atoms with Crippen molar-refractivity contribution in [2.24, 2.45) is 0 Å². The van der Waals surface area contributed by atoms with E-state index in [-0.39, 0.29) is 5.78 Å². The van der Waals surface area contributed by atoms with Crippen molar-refractivity contribution in [3.05, 3.63) is 69.2 Å². The van der Waals surface area contributed by atoms with Crippen LogP contribution in [0.5, 0.6) is 0 Å². The molecule has 0 bridgehead atoms. The van der Waals surface area contributed by atoms with Crippen molar-refractivity contribution in [3.8, 4) is 0 Å². The summed E-state index contributed by atoms with van der Waals surface area (Å²) in [5, 5.41) is 0.760. The Labute approximate surface area is 123 Å². The lowest BCUT2D eigenvalue weighted by Crippen LogP contribution is -2.03. The van der Waals surface area contributed by atoms with E-state index in [0.29, 0.717) is 27.1 Å². The van der Waals surface area contributed by atoms with Crippen LogP contribution in [0.1, 0.15) is 41.3 Å². The number of ketones is 1. The SMILES string of the molecule is CC(C)c1ccc(C(=O)c2c(Cl)cccc2Cl)cc1. The second-order valence-corrected chi connectivity index (χ2v) is 5.52. The van der Waals surface area contributed by atoms with Crippen LogP contribution < -0.4 is 0 Å². The fraction of sp³-hybridized carbons (Fsp3) is 0.188. The number of carbonyl (C=O) groups excluding carboxylic acids is 1. The Bertz CT molecular complexity index is 580. The van der Waals surface area contributed by atoms with Crippen LogP contribution in [-0.2, 0) is 0 Å². The number of hydrogen-bond donors (Lipinski definition) is 0. The second kappa shape index (κ2) is 5.77. The molecule has 0 amide bonds. The summed E-state index contributed by atoms with van der Waals surface area (Å²) in [4.78, 5) is 12.4. The fourth-order valence-electron chi connectivity index (χ4n) is 1.88. The van der Waals surface area contributed by atoms with Gasteiger partial charge in [0, 0.05) is 5.56 Å². The summed E-state index contributed by atoms with van der Waals surface area (Å²) in [6.07, 6.45) is 0. The standard InChI is InChI=1S/C16H14Cl2O/c1-10(2)11-6-8-12(9-7-11)16(19)15-13(17)4-3-5-14(15)18/h3-10H,1-2H3. The van der Waals surface area contributed by atoms with Gasteiger partial charge in [0.05, 0.1) is 15.6 Å². The van der Waals surface area contributed by atoms with Gasteiger partial charge in [-0.1, -0.05) is 67.4 Å². The van der Waals surface area contributed by atoms with Gasteiger partial charge in [0.2, 0.25) is 0 Å². The number of benzene rings is 2. The molecule has 0 unspecified atom stereocenters. The number of rotatable bonds is 3. The normalized spacial score (nSPS) is 10.8. The van der Waals surface area contributed by atoms with Gasteiger partial charge in [0.25, 0.3) is 0 Å². The number of carbonyl (C=O) groups is 1. The summed E-state index contributed by atoms with van der Waals surface area (Å²) in [6.45, 7) is 4.23. The molecule has 0 spiro atoms. The molecular formula is C16H14Cl2O. The molecule has 0 heterocycles. The van der Waals surface area contributed by atoms with E-state index in [2.05, 4.69) is 13.8 Å². The number of hydrogen-bond acceptors (Lipinski definition) is 1. The lowest BCUT2D eigenvalue weighted by atomic mass is 9.98. The van der Waals surface area contributed by atoms with Crippen molar-refractivity contribution in [2.45, 2.75) is 19.8 Å². The van der Waals surface area contributed by atoms with Crippen LogP contribution in [0.3, 0.4) is 0 Å². The molecule has 0 aliphatic carbocycles. The minimum Gasteiger partial charge on any atom is -0.288 e. The van der Waals surface area contributed by atoms with Crippen molar-refractivity contribution in [1.82, 2.24) is 0 Å². The van der Waals surface area contributed by atoms with Crippen LogP contribution >= 0.6 is 23.2 Å². The first-order valence-corrected chi connectivity index (χ1v) is 6.85. The molecule has 2 aromatic carbocycles. The third-order valence-electron chi connectivity index (χ3n) is 3.03. The maximum atomic E-state index is 12.4. The van der Waals surface area contributed by atoms with Gasteiger partial charge in [-0.25, -0.2) is 0 Å². The van der Waals surface area contributed by atoms with Gasteiger partial charge in [0.1, 0.15) is 0 Å². The molecule has 2 aromatic rings. The Morgan fingerprint density at radius 2 is 1.47 bits per heavy atom. The minimum atomic E-state index is -0.147. The molecule has 1 nitrogen and oxygen atoms in total. The molecule has 0 saturated carbocycles. The smallest absolute Gasteiger partial charge is 0.196 e. The summed E-state index contributed by atoms with van der Waals surface area (Å²) >= 11 is 12.1. The Morgan fingerprint density at radius 1 is 0.947 bits per heavy atom. The molecule has 0 aliphatic rings. The minimum absolute atomic E-state index is 0.147. The van der Waals surface area contributed by atoms with Gasteiger partial charge < -0.3 is 0 Å². The monoisotopic (exact) mass is 292 g/mol. The fourth-order valence-corrected chi connectivity index (χ4v) is 2.45. The maximum Gasteiger partial charge on any atom is 0.196 e. The summed E-state index contributed by atoms with van der Waals surface area (Å²) in [6, 6.07) is 12.6. The summed E-state index contributed by atoms with van der Waals surface area (Å²) in [5.41, 5.74) is 2.16. The molecule has 0 fully saturated rings. The highest BCUT2D eigenvalue weighted by Gasteiger charge is 2.16. The van der Waals surface area contributed by atoms with Gasteiger partial charge >= 0.3 is 0 Å².